The first-order valence-corrected chi connectivity index (χ1v) is 7.49. The van der Waals surface area contributed by atoms with Crippen LogP contribution in [0.3, 0.4) is 0 Å². The van der Waals surface area contributed by atoms with Crippen LogP contribution < -0.4 is 0 Å². The zero-order valence-corrected chi connectivity index (χ0v) is 12.2. The van der Waals surface area contributed by atoms with Gasteiger partial charge in [-0.1, -0.05) is 11.1 Å². The highest BCUT2D eigenvalue weighted by molar-refractivity contribution is 7.88. The molecule has 0 aromatic rings. The van der Waals surface area contributed by atoms with E-state index in [0.29, 0.717) is 0 Å². The largest absolute Gasteiger partial charge is 0.522 e. The maximum atomic E-state index is 12.1. The Hall–Kier alpha value is -0.603. The molecule has 1 aliphatic rings. The molecule has 18 heavy (non-hydrogen) atoms. The number of alkyl halides is 3. The monoisotopic (exact) mass is 298 g/mol. The Morgan fingerprint density at radius 1 is 1.06 bits per heavy atom. The molecule has 2 radical (unpaired) electrons. The molecule has 0 atom stereocenters. The summed E-state index contributed by atoms with van der Waals surface area (Å²) in [5.74, 6) is 0. The van der Waals surface area contributed by atoms with Crippen LogP contribution in [0, 0.1) is 0 Å². The molecule has 0 fully saturated rings. The number of allylic oxidation sites excluding steroid dienone is 4. The third kappa shape index (κ3) is 2.70. The lowest BCUT2D eigenvalue weighted by Crippen LogP contribution is -2.28. The molecule has 8 heteroatoms. The maximum absolute atomic E-state index is 12.1. The van der Waals surface area contributed by atoms with Gasteiger partial charge in [-0.25, -0.2) is 0 Å². The highest BCUT2D eigenvalue weighted by atomic mass is 32.2. The van der Waals surface area contributed by atoms with E-state index in [1.165, 1.54) is 0 Å². The summed E-state index contributed by atoms with van der Waals surface area (Å²) in [4.78, 5) is 0. The summed E-state index contributed by atoms with van der Waals surface area (Å²) < 4.78 is 62.1. The van der Waals surface area contributed by atoms with Gasteiger partial charge in [0.05, 0.1) is 0 Å². The second-order valence-corrected chi connectivity index (χ2v) is 7.00. The molecule has 0 unspecified atom stereocenters. The highest BCUT2D eigenvalue weighted by Gasteiger charge is 2.47. The summed E-state index contributed by atoms with van der Waals surface area (Å²) in [7, 11) is -6.28. The van der Waals surface area contributed by atoms with E-state index < -0.39 is 25.4 Å². The Labute approximate surface area is 107 Å². The van der Waals surface area contributed by atoms with E-state index in [2.05, 4.69) is 3.87 Å². The summed E-state index contributed by atoms with van der Waals surface area (Å²) >= 11 is 0. The van der Waals surface area contributed by atoms with Gasteiger partial charge in [0.15, 0.2) is 0 Å². The van der Waals surface area contributed by atoms with Crippen LogP contribution in [0.5, 0.6) is 0 Å². The molecule has 0 aromatic heterocycles. The Kier molecular flexibility index (Phi) is 4.14. The van der Waals surface area contributed by atoms with Gasteiger partial charge in [0, 0.05) is 5.54 Å². The van der Waals surface area contributed by atoms with Gasteiger partial charge in [-0.05, 0) is 38.8 Å². The van der Waals surface area contributed by atoms with Crippen molar-refractivity contribution < 1.29 is 25.5 Å². The van der Waals surface area contributed by atoms with Crippen molar-refractivity contribution in [3.05, 3.63) is 22.3 Å². The van der Waals surface area contributed by atoms with Gasteiger partial charge in [-0.3, -0.25) is 0 Å². The van der Waals surface area contributed by atoms with Crippen LogP contribution in [0.25, 0.3) is 0 Å². The Morgan fingerprint density at radius 2 is 1.44 bits per heavy atom. The lowest BCUT2D eigenvalue weighted by atomic mass is 10.1. The van der Waals surface area contributed by atoms with Crippen molar-refractivity contribution in [3.63, 3.8) is 0 Å². The molecule has 0 spiro atoms. The molecule has 0 aliphatic heterocycles. The van der Waals surface area contributed by atoms with Crippen LogP contribution in [-0.2, 0) is 14.0 Å². The molecule has 0 aromatic carbocycles. The van der Waals surface area contributed by atoms with E-state index in [1.807, 2.05) is 13.8 Å². The van der Waals surface area contributed by atoms with E-state index in [-0.39, 0.29) is 5.54 Å². The second kappa shape index (κ2) is 4.82. The summed E-state index contributed by atoms with van der Waals surface area (Å²) in [6.45, 7) is 7.26. The average molecular weight is 298 g/mol. The standard InChI is InChI=1S/C10H13F3O3SSi/c1-5-6(2)8(4)9(7(5)3)18-16-17(14,15)10(11,12)13/h9H,1-4H3. The Balaban J connectivity index is 2.85. The first kappa shape index (κ1) is 15.5. The fraction of sp³-hybridized carbons (Fsp3) is 0.600. The fourth-order valence-electron chi connectivity index (χ4n) is 1.68. The molecule has 102 valence electrons. The molecule has 3 nitrogen and oxygen atoms in total. The van der Waals surface area contributed by atoms with Crippen molar-refractivity contribution in [3.8, 4) is 0 Å². The normalized spacial score (nSPS) is 19.1. The number of rotatable bonds is 3. The minimum atomic E-state index is -5.50. The zero-order valence-electron chi connectivity index (χ0n) is 10.3. The quantitative estimate of drug-likeness (QED) is 0.594. The predicted octanol–water partition coefficient (Wildman–Crippen LogP) is 2.95. The number of hydrogen-bond donors (Lipinski definition) is 0. The zero-order chi connectivity index (χ0) is 14.3. The van der Waals surface area contributed by atoms with Gasteiger partial charge in [-0.15, -0.1) is 0 Å². The average Bonchev–Trinajstić information content (AvgIpc) is 2.40. The first-order valence-electron chi connectivity index (χ1n) is 5.09. The van der Waals surface area contributed by atoms with Gasteiger partial charge in [0.2, 0.25) is 0 Å². The second-order valence-electron chi connectivity index (χ2n) is 4.15. The highest BCUT2D eigenvalue weighted by Crippen LogP contribution is 2.40. The van der Waals surface area contributed by atoms with E-state index in [1.54, 1.807) is 13.8 Å². The van der Waals surface area contributed by atoms with E-state index in [0.717, 1.165) is 22.3 Å². The van der Waals surface area contributed by atoms with Crippen molar-refractivity contribution in [1.82, 2.24) is 0 Å². The molecule has 0 bridgehead atoms. The Morgan fingerprint density at radius 3 is 1.78 bits per heavy atom. The molecule has 0 amide bonds. The van der Waals surface area contributed by atoms with Crippen molar-refractivity contribution >= 4 is 19.9 Å². The number of halogens is 3. The lowest BCUT2D eigenvalue weighted by molar-refractivity contribution is -0.0499. The van der Waals surface area contributed by atoms with Crippen LogP contribution in [0.15, 0.2) is 22.3 Å². The van der Waals surface area contributed by atoms with E-state index in [9.17, 15) is 21.6 Å². The van der Waals surface area contributed by atoms with Crippen LogP contribution in [-0.4, -0.2) is 23.7 Å². The van der Waals surface area contributed by atoms with Gasteiger partial charge in [-0.2, -0.15) is 21.6 Å². The molecule has 0 N–H and O–H groups in total. The first-order chi connectivity index (χ1) is 7.99. The third-order valence-electron chi connectivity index (χ3n) is 3.17. The van der Waals surface area contributed by atoms with E-state index >= 15 is 0 Å². The molecule has 0 saturated carbocycles. The van der Waals surface area contributed by atoms with Crippen molar-refractivity contribution in [1.29, 1.82) is 0 Å². The van der Waals surface area contributed by atoms with Gasteiger partial charge in [0.1, 0.15) is 0 Å². The molecular weight excluding hydrogens is 285 g/mol. The SMILES string of the molecule is CC1=C(C)C([Si]OS(=O)(=O)C(F)(F)F)C(C)=C1C. The number of hydrogen-bond acceptors (Lipinski definition) is 3. The maximum Gasteiger partial charge on any atom is 0.522 e. The summed E-state index contributed by atoms with van der Waals surface area (Å²) in [5, 5.41) is 0. The fourth-order valence-corrected chi connectivity index (χ4v) is 3.74. The van der Waals surface area contributed by atoms with Crippen LogP contribution in [0.1, 0.15) is 27.7 Å². The van der Waals surface area contributed by atoms with Gasteiger partial charge >= 0.3 is 15.6 Å². The van der Waals surface area contributed by atoms with Gasteiger partial charge in [0.25, 0.3) is 9.76 Å². The summed E-state index contributed by atoms with van der Waals surface area (Å²) in [6, 6.07) is 0. The molecule has 1 aliphatic carbocycles. The smallest absolute Gasteiger partial charge is 0.308 e. The van der Waals surface area contributed by atoms with Crippen molar-refractivity contribution in [2.75, 3.05) is 0 Å². The summed E-state index contributed by atoms with van der Waals surface area (Å²) in [6.07, 6.45) is 0. The van der Waals surface area contributed by atoms with Crippen molar-refractivity contribution in [2.24, 2.45) is 0 Å². The van der Waals surface area contributed by atoms with E-state index in [4.69, 9.17) is 0 Å². The molecule has 0 heterocycles. The predicted molar refractivity (Wildman–Crippen MR) is 62.3 cm³/mol. The third-order valence-corrected chi connectivity index (χ3v) is 6.10. The van der Waals surface area contributed by atoms with Gasteiger partial charge < -0.3 is 3.87 Å². The van der Waals surface area contributed by atoms with Crippen molar-refractivity contribution in [2.45, 2.75) is 38.7 Å². The minimum absolute atomic E-state index is 0.373. The molecular formula is C10H13F3O3SSi. The molecule has 0 saturated heterocycles. The van der Waals surface area contributed by atoms with Crippen LogP contribution in [0.2, 0.25) is 5.54 Å². The minimum Gasteiger partial charge on any atom is -0.308 e. The van der Waals surface area contributed by atoms with Crippen LogP contribution in [0.4, 0.5) is 13.2 Å². The summed E-state index contributed by atoms with van der Waals surface area (Å²) in [5.41, 5.74) is -2.04. The topological polar surface area (TPSA) is 43.4 Å². The van der Waals surface area contributed by atoms with Crippen LogP contribution >= 0.6 is 0 Å². The Bertz CT molecular complexity index is 493. The molecule has 1 rings (SSSR count). The lowest BCUT2D eigenvalue weighted by Gasteiger charge is -2.14.